The summed E-state index contributed by atoms with van der Waals surface area (Å²) in [5.41, 5.74) is 1.98. The molecule has 1 fully saturated rings. The zero-order chi connectivity index (χ0) is 19.2. The lowest BCUT2D eigenvalue weighted by Gasteiger charge is -2.31. The highest BCUT2D eigenvalue weighted by molar-refractivity contribution is 5.94. The monoisotopic (exact) mass is 369 g/mol. The molecule has 0 aromatic carbocycles. The van der Waals surface area contributed by atoms with Gasteiger partial charge in [-0.25, -0.2) is 0 Å². The topological polar surface area (TPSA) is 91.0 Å². The predicted octanol–water partition coefficient (Wildman–Crippen LogP) is 2.49. The fourth-order valence-corrected chi connectivity index (χ4v) is 3.27. The van der Waals surface area contributed by atoms with Gasteiger partial charge in [-0.3, -0.25) is 19.7 Å². The van der Waals surface area contributed by atoms with Crippen LogP contribution < -0.4 is 5.32 Å². The Morgan fingerprint density at radius 1 is 1.41 bits per heavy atom. The Kier molecular flexibility index (Phi) is 6.21. The first-order valence-corrected chi connectivity index (χ1v) is 9.57. The van der Waals surface area contributed by atoms with Crippen molar-refractivity contribution in [2.45, 2.75) is 33.1 Å². The lowest BCUT2D eigenvalue weighted by atomic mass is 9.96. The van der Waals surface area contributed by atoms with Crippen molar-refractivity contribution >= 4 is 11.8 Å². The average molecular weight is 369 g/mol. The fourth-order valence-electron chi connectivity index (χ4n) is 3.27. The zero-order valence-electron chi connectivity index (χ0n) is 15.9. The first kappa shape index (κ1) is 19.1. The van der Waals surface area contributed by atoms with Crippen LogP contribution in [0.25, 0.3) is 11.3 Å². The number of amides is 2. The molecule has 0 spiro atoms. The van der Waals surface area contributed by atoms with Crippen molar-refractivity contribution in [3.63, 3.8) is 0 Å². The smallest absolute Gasteiger partial charge is 0.271 e. The molecule has 3 rings (SSSR count). The first-order chi connectivity index (χ1) is 13.0. The summed E-state index contributed by atoms with van der Waals surface area (Å²) < 4.78 is 0. The number of pyridine rings is 1. The molecular formula is C20H27N5O2. The van der Waals surface area contributed by atoms with Gasteiger partial charge in [0.05, 0.1) is 11.6 Å². The number of aromatic amines is 1. The van der Waals surface area contributed by atoms with Gasteiger partial charge in [-0.05, 0) is 43.4 Å². The van der Waals surface area contributed by atoms with Crippen molar-refractivity contribution in [3.05, 3.63) is 36.3 Å². The van der Waals surface area contributed by atoms with Crippen LogP contribution in [0.1, 0.15) is 43.6 Å². The molecule has 1 unspecified atom stereocenters. The van der Waals surface area contributed by atoms with Gasteiger partial charge >= 0.3 is 0 Å². The maximum atomic E-state index is 12.8. The van der Waals surface area contributed by atoms with Crippen LogP contribution in [0.4, 0.5) is 0 Å². The van der Waals surface area contributed by atoms with E-state index >= 15 is 0 Å². The number of hydrogen-bond acceptors (Lipinski definition) is 4. The van der Waals surface area contributed by atoms with Gasteiger partial charge in [0.1, 0.15) is 5.69 Å². The Labute approximate surface area is 159 Å². The molecule has 7 nitrogen and oxygen atoms in total. The van der Waals surface area contributed by atoms with Crippen molar-refractivity contribution < 1.29 is 9.59 Å². The van der Waals surface area contributed by atoms with E-state index in [9.17, 15) is 9.59 Å². The fraction of sp³-hybridized carbons (Fsp3) is 0.500. The number of likely N-dealkylation sites (tertiary alicyclic amines) is 1. The van der Waals surface area contributed by atoms with E-state index in [1.807, 2.05) is 12.1 Å². The normalized spacial score (nSPS) is 17.1. The van der Waals surface area contributed by atoms with E-state index in [4.69, 9.17) is 0 Å². The van der Waals surface area contributed by atoms with E-state index in [0.29, 0.717) is 36.9 Å². The number of carbonyl (C=O) groups is 2. The van der Waals surface area contributed by atoms with Crippen LogP contribution in [0.3, 0.4) is 0 Å². The number of carbonyl (C=O) groups excluding carboxylic acids is 2. The predicted molar refractivity (Wildman–Crippen MR) is 103 cm³/mol. The maximum absolute atomic E-state index is 12.8. The molecule has 3 heterocycles. The second-order valence-electron chi connectivity index (χ2n) is 7.47. The van der Waals surface area contributed by atoms with E-state index in [2.05, 4.69) is 34.3 Å². The highest BCUT2D eigenvalue weighted by Gasteiger charge is 2.29. The second-order valence-corrected chi connectivity index (χ2v) is 7.47. The molecule has 1 saturated heterocycles. The van der Waals surface area contributed by atoms with Gasteiger partial charge in [0.15, 0.2) is 0 Å². The molecule has 1 atom stereocenters. The first-order valence-electron chi connectivity index (χ1n) is 9.57. The van der Waals surface area contributed by atoms with Crippen LogP contribution in [-0.2, 0) is 4.79 Å². The molecule has 27 heavy (non-hydrogen) atoms. The van der Waals surface area contributed by atoms with Crippen LogP contribution in [0, 0.1) is 11.8 Å². The number of aromatic nitrogens is 3. The molecule has 0 aliphatic carbocycles. The van der Waals surface area contributed by atoms with E-state index < -0.39 is 0 Å². The Morgan fingerprint density at radius 3 is 3.00 bits per heavy atom. The summed E-state index contributed by atoms with van der Waals surface area (Å²) >= 11 is 0. The molecule has 2 aromatic rings. The molecule has 1 aliphatic rings. The molecule has 0 saturated carbocycles. The quantitative estimate of drug-likeness (QED) is 0.818. The minimum atomic E-state index is -0.143. The van der Waals surface area contributed by atoms with Gasteiger partial charge in [0.2, 0.25) is 5.91 Å². The Balaban J connectivity index is 1.60. The third kappa shape index (κ3) is 4.93. The van der Waals surface area contributed by atoms with Crippen molar-refractivity contribution in [1.82, 2.24) is 25.4 Å². The van der Waals surface area contributed by atoms with Crippen molar-refractivity contribution in [2.24, 2.45) is 11.8 Å². The number of rotatable bonds is 6. The molecular weight excluding hydrogens is 342 g/mol. The largest absolute Gasteiger partial charge is 0.356 e. The lowest BCUT2D eigenvalue weighted by Crippen LogP contribution is -2.45. The molecule has 1 aliphatic heterocycles. The Morgan fingerprint density at radius 2 is 2.26 bits per heavy atom. The molecule has 144 valence electrons. The molecule has 0 bridgehead atoms. The van der Waals surface area contributed by atoms with Crippen LogP contribution in [-0.4, -0.2) is 51.5 Å². The number of H-pyrrole nitrogens is 1. The molecule has 0 radical (unpaired) electrons. The van der Waals surface area contributed by atoms with Crippen LogP contribution in [0.15, 0.2) is 30.6 Å². The van der Waals surface area contributed by atoms with Gasteiger partial charge < -0.3 is 10.2 Å². The molecule has 2 aromatic heterocycles. The van der Waals surface area contributed by atoms with E-state index in [0.717, 1.165) is 24.8 Å². The van der Waals surface area contributed by atoms with E-state index in [-0.39, 0.29) is 17.7 Å². The molecule has 2 N–H and O–H groups in total. The summed E-state index contributed by atoms with van der Waals surface area (Å²) in [5, 5.41) is 10.0. The highest BCUT2D eigenvalue weighted by atomic mass is 16.2. The van der Waals surface area contributed by atoms with Crippen molar-refractivity contribution in [2.75, 3.05) is 19.6 Å². The third-order valence-electron chi connectivity index (χ3n) is 4.87. The number of piperidine rings is 1. The van der Waals surface area contributed by atoms with E-state index in [1.54, 1.807) is 23.4 Å². The summed E-state index contributed by atoms with van der Waals surface area (Å²) in [5.74, 6) is 0.353. The maximum Gasteiger partial charge on any atom is 0.271 e. The van der Waals surface area contributed by atoms with Crippen LogP contribution in [0.2, 0.25) is 0 Å². The van der Waals surface area contributed by atoms with Gasteiger partial charge in [0.25, 0.3) is 5.91 Å². The molecule has 2 amide bonds. The second kappa shape index (κ2) is 8.79. The summed E-state index contributed by atoms with van der Waals surface area (Å²) in [6, 6.07) is 5.47. The SMILES string of the molecule is CC(C)CCNC(=O)C1CCCN(C(=O)c2cc(-c3cccnc3)n[nH]2)C1. The minimum Gasteiger partial charge on any atom is -0.356 e. The summed E-state index contributed by atoms with van der Waals surface area (Å²) in [6.07, 6.45) is 6.02. The van der Waals surface area contributed by atoms with Crippen LogP contribution >= 0.6 is 0 Å². The van der Waals surface area contributed by atoms with Gasteiger partial charge in [-0.15, -0.1) is 0 Å². The van der Waals surface area contributed by atoms with Gasteiger partial charge in [-0.1, -0.05) is 13.8 Å². The third-order valence-corrected chi connectivity index (χ3v) is 4.87. The lowest BCUT2D eigenvalue weighted by molar-refractivity contribution is -0.126. The number of nitrogens with zero attached hydrogens (tertiary/aromatic N) is 3. The summed E-state index contributed by atoms with van der Waals surface area (Å²) in [7, 11) is 0. The molecule has 7 heteroatoms. The average Bonchev–Trinajstić information content (AvgIpc) is 3.18. The minimum absolute atomic E-state index is 0.0498. The van der Waals surface area contributed by atoms with Gasteiger partial charge in [0, 0.05) is 37.6 Å². The highest BCUT2D eigenvalue weighted by Crippen LogP contribution is 2.21. The summed E-state index contributed by atoms with van der Waals surface area (Å²) in [6.45, 7) is 6.08. The van der Waals surface area contributed by atoms with E-state index in [1.165, 1.54) is 0 Å². The summed E-state index contributed by atoms with van der Waals surface area (Å²) in [4.78, 5) is 31.0. The zero-order valence-corrected chi connectivity index (χ0v) is 15.9. The Bertz CT molecular complexity index is 772. The van der Waals surface area contributed by atoms with Gasteiger partial charge in [-0.2, -0.15) is 5.10 Å². The number of nitrogens with one attached hydrogen (secondary N) is 2. The van der Waals surface area contributed by atoms with Crippen LogP contribution in [0.5, 0.6) is 0 Å². The Hall–Kier alpha value is -2.70. The number of hydrogen-bond donors (Lipinski definition) is 2. The van der Waals surface area contributed by atoms with Crippen molar-refractivity contribution in [1.29, 1.82) is 0 Å². The standard InChI is InChI=1S/C20H27N5O2/c1-14(2)7-9-22-19(26)16-6-4-10-25(13-16)20(27)18-11-17(23-24-18)15-5-3-8-21-12-15/h3,5,8,11-12,14,16H,4,6-7,9-10,13H2,1-2H3,(H,22,26)(H,23,24). The van der Waals surface area contributed by atoms with Crippen molar-refractivity contribution in [3.8, 4) is 11.3 Å².